The number of epoxide rings is 1. The maximum atomic E-state index is 12.9. The average molecular weight is 294 g/mol. The lowest BCUT2D eigenvalue weighted by Crippen LogP contribution is -2.31. The van der Waals surface area contributed by atoms with Crippen LogP contribution >= 0.6 is 0 Å². The molecule has 2 heterocycles. The summed E-state index contributed by atoms with van der Waals surface area (Å²) in [5.74, 6) is 0. The van der Waals surface area contributed by atoms with Gasteiger partial charge in [0.1, 0.15) is 18.3 Å². The molecule has 2 fully saturated rings. The maximum absolute atomic E-state index is 12.9. The van der Waals surface area contributed by atoms with Crippen molar-refractivity contribution in [1.29, 1.82) is 0 Å². The number of rotatable bonds is 4. The summed E-state index contributed by atoms with van der Waals surface area (Å²) in [4.78, 5) is -0.107. The van der Waals surface area contributed by atoms with Crippen LogP contribution in [0.2, 0.25) is 0 Å². The third-order valence-corrected chi connectivity index (χ3v) is 5.62. The van der Waals surface area contributed by atoms with Crippen molar-refractivity contribution in [2.75, 3.05) is 6.61 Å². The molecule has 1 aromatic rings. The predicted octanol–water partition coefficient (Wildman–Crippen LogP) is 1.53. The summed E-state index contributed by atoms with van der Waals surface area (Å²) in [7, 11) is -1.32. The standard InChI is InChI=1S/C15H18O4S/c1-3-4-13-15(14(19-15)12(9-16)18-13)20(17)11-7-5-10(2)6-8-11/h3-8,12-14,16H,9H2,1-2H3/b4-3-/t12-,13+,14-,15-,20?/m1/s1. The van der Waals surface area contributed by atoms with Gasteiger partial charge < -0.3 is 14.6 Å². The van der Waals surface area contributed by atoms with Gasteiger partial charge in [-0.25, -0.2) is 0 Å². The quantitative estimate of drug-likeness (QED) is 0.676. The highest BCUT2D eigenvalue weighted by molar-refractivity contribution is 7.86. The lowest BCUT2D eigenvalue weighted by Gasteiger charge is -2.18. The number of ether oxygens (including phenoxy) is 2. The topological polar surface area (TPSA) is 59.1 Å². The summed E-state index contributed by atoms with van der Waals surface area (Å²) >= 11 is 0. The van der Waals surface area contributed by atoms with E-state index >= 15 is 0 Å². The van der Waals surface area contributed by atoms with E-state index in [1.54, 1.807) is 0 Å². The first-order chi connectivity index (χ1) is 9.63. The zero-order valence-electron chi connectivity index (χ0n) is 11.5. The molecule has 1 aromatic carbocycles. The monoisotopic (exact) mass is 294 g/mol. The number of aryl methyl sites for hydroxylation is 1. The molecule has 108 valence electrons. The van der Waals surface area contributed by atoms with Crippen LogP contribution < -0.4 is 0 Å². The molecule has 2 saturated heterocycles. The van der Waals surface area contributed by atoms with E-state index in [0.29, 0.717) is 0 Å². The number of hydrogen-bond acceptors (Lipinski definition) is 4. The minimum Gasteiger partial charge on any atom is -0.394 e. The van der Waals surface area contributed by atoms with E-state index in [2.05, 4.69) is 0 Å². The molecule has 0 aliphatic carbocycles. The van der Waals surface area contributed by atoms with E-state index in [0.717, 1.165) is 10.5 Å². The summed E-state index contributed by atoms with van der Waals surface area (Å²) < 4.78 is 24.3. The second-order valence-electron chi connectivity index (χ2n) is 5.15. The van der Waals surface area contributed by atoms with Gasteiger partial charge in [0, 0.05) is 4.90 Å². The fourth-order valence-corrected chi connectivity index (χ4v) is 4.33. The van der Waals surface area contributed by atoms with Crippen LogP contribution in [0.5, 0.6) is 0 Å². The van der Waals surface area contributed by atoms with E-state index in [1.807, 2.05) is 50.3 Å². The van der Waals surface area contributed by atoms with E-state index in [4.69, 9.17) is 9.47 Å². The molecule has 0 radical (unpaired) electrons. The van der Waals surface area contributed by atoms with Gasteiger partial charge in [0.15, 0.2) is 0 Å². The molecule has 2 aliphatic heterocycles. The first-order valence-corrected chi connectivity index (χ1v) is 7.84. The second kappa shape index (κ2) is 5.07. The van der Waals surface area contributed by atoms with Crippen molar-refractivity contribution in [3.8, 4) is 0 Å². The minimum atomic E-state index is -1.32. The van der Waals surface area contributed by atoms with Crippen molar-refractivity contribution in [2.24, 2.45) is 0 Å². The Morgan fingerprint density at radius 2 is 2.10 bits per heavy atom. The number of hydrogen-bond donors (Lipinski definition) is 1. The Balaban J connectivity index is 1.92. The molecule has 5 heteroatoms. The van der Waals surface area contributed by atoms with E-state index in [1.165, 1.54) is 0 Å². The van der Waals surface area contributed by atoms with Gasteiger partial charge in [-0.3, -0.25) is 4.21 Å². The molecule has 4 nitrogen and oxygen atoms in total. The van der Waals surface area contributed by atoms with Crippen molar-refractivity contribution in [3.05, 3.63) is 42.0 Å². The maximum Gasteiger partial charge on any atom is 0.205 e. The minimum absolute atomic E-state index is 0.119. The number of fused-ring (bicyclic) bond motifs is 1. The summed E-state index contributed by atoms with van der Waals surface area (Å²) in [6, 6.07) is 7.59. The van der Waals surface area contributed by atoms with Crippen LogP contribution in [0, 0.1) is 6.92 Å². The summed E-state index contributed by atoms with van der Waals surface area (Å²) in [6.45, 7) is 3.76. The summed E-state index contributed by atoms with van der Waals surface area (Å²) in [5, 5.41) is 9.32. The van der Waals surface area contributed by atoms with Crippen LogP contribution in [-0.2, 0) is 20.3 Å². The highest BCUT2D eigenvalue weighted by Crippen LogP contribution is 2.54. The van der Waals surface area contributed by atoms with Crippen LogP contribution in [0.15, 0.2) is 41.3 Å². The smallest absolute Gasteiger partial charge is 0.205 e. The van der Waals surface area contributed by atoms with Crippen LogP contribution in [0.4, 0.5) is 0 Å². The molecular weight excluding hydrogens is 276 g/mol. The van der Waals surface area contributed by atoms with E-state index in [-0.39, 0.29) is 18.8 Å². The normalized spacial score (nSPS) is 37.0. The first kappa shape index (κ1) is 13.9. The van der Waals surface area contributed by atoms with Crippen molar-refractivity contribution in [1.82, 2.24) is 0 Å². The van der Waals surface area contributed by atoms with Gasteiger partial charge in [-0.15, -0.1) is 0 Å². The molecule has 0 aromatic heterocycles. The molecule has 2 aliphatic rings. The van der Waals surface area contributed by atoms with Crippen LogP contribution in [0.1, 0.15) is 12.5 Å². The Bertz CT molecular complexity index is 553. The molecule has 5 atom stereocenters. The highest BCUT2D eigenvalue weighted by Gasteiger charge is 2.74. The van der Waals surface area contributed by atoms with Crippen LogP contribution in [0.25, 0.3) is 0 Å². The number of aliphatic hydroxyl groups is 1. The lowest BCUT2D eigenvalue weighted by atomic mass is 10.2. The Kier molecular flexibility index (Phi) is 3.54. The van der Waals surface area contributed by atoms with Gasteiger partial charge in [0.25, 0.3) is 0 Å². The second-order valence-corrected chi connectivity index (χ2v) is 6.79. The lowest BCUT2D eigenvalue weighted by molar-refractivity contribution is -0.0375. The van der Waals surface area contributed by atoms with Crippen molar-refractivity contribution in [3.63, 3.8) is 0 Å². The predicted molar refractivity (Wildman–Crippen MR) is 75.8 cm³/mol. The zero-order chi connectivity index (χ0) is 14.3. The summed E-state index contributed by atoms with van der Waals surface area (Å²) in [6.07, 6.45) is 2.64. The first-order valence-electron chi connectivity index (χ1n) is 6.69. The van der Waals surface area contributed by atoms with Gasteiger partial charge in [-0.1, -0.05) is 29.8 Å². The van der Waals surface area contributed by atoms with E-state index < -0.39 is 21.8 Å². The van der Waals surface area contributed by atoms with Gasteiger partial charge in [-0.05, 0) is 26.0 Å². The summed E-state index contributed by atoms with van der Waals surface area (Å²) in [5.41, 5.74) is 1.12. The van der Waals surface area contributed by atoms with Crippen LogP contribution in [-0.4, -0.2) is 39.2 Å². The number of aliphatic hydroxyl groups excluding tert-OH is 1. The Labute approximate surface area is 120 Å². The fraction of sp³-hybridized carbons (Fsp3) is 0.467. The Morgan fingerprint density at radius 3 is 2.70 bits per heavy atom. The van der Waals surface area contributed by atoms with Crippen LogP contribution in [0.3, 0.4) is 0 Å². The van der Waals surface area contributed by atoms with E-state index in [9.17, 15) is 9.32 Å². The van der Waals surface area contributed by atoms with Gasteiger partial charge >= 0.3 is 0 Å². The molecule has 3 rings (SSSR count). The third kappa shape index (κ3) is 1.97. The van der Waals surface area contributed by atoms with Gasteiger partial charge in [0.05, 0.1) is 17.4 Å². The Morgan fingerprint density at radius 1 is 1.40 bits per heavy atom. The Hall–Kier alpha value is -1.01. The van der Waals surface area contributed by atoms with Crippen molar-refractivity contribution in [2.45, 2.75) is 42.0 Å². The van der Waals surface area contributed by atoms with Gasteiger partial charge in [0.2, 0.25) is 4.93 Å². The van der Waals surface area contributed by atoms with Crippen molar-refractivity contribution < 1.29 is 18.8 Å². The molecule has 0 amide bonds. The van der Waals surface area contributed by atoms with Gasteiger partial charge in [-0.2, -0.15) is 0 Å². The molecule has 0 spiro atoms. The third-order valence-electron chi connectivity index (χ3n) is 3.78. The largest absolute Gasteiger partial charge is 0.394 e. The molecule has 0 saturated carbocycles. The molecule has 0 bridgehead atoms. The SMILES string of the molecule is C/C=C\[C@@H]1O[C@H](CO)[C@H]2O[C@@]12S(=O)c1ccc(C)cc1. The number of allylic oxidation sites excluding steroid dienone is 1. The fourth-order valence-electron chi connectivity index (χ4n) is 2.68. The average Bonchev–Trinajstić information content (AvgIpc) is 3.13. The number of benzene rings is 1. The highest BCUT2D eigenvalue weighted by atomic mass is 32.2. The molecular formula is C15H18O4S. The molecule has 1 unspecified atom stereocenters. The molecule has 1 N–H and O–H groups in total. The molecule has 20 heavy (non-hydrogen) atoms. The van der Waals surface area contributed by atoms with Crippen molar-refractivity contribution >= 4 is 10.8 Å². The zero-order valence-corrected chi connectivity index (χ0v) is 12.3.